The topological polar surface area (TPSA) is 148 Å². The summed E-state index contributed by atoms with van der Waals surface area (Å²) < 4.78 is 5.69. The van der Waals surface area contributed by atoms with E-state index in [4.69, 9.17) is 4.74 Å². The Kier molecular flexibility index (Phi) is 22.7. The van der Waals surface area contributed by atoms with E-state index in [9.17, 15) is 19.6 Å². The molecule has 0 aromatic carbocycles. The van der Waals surface area contributed by atoms with Crippen molar-refractivity contribution in [2.45, 2.75) is 71.4 Å². The third-order valence-electron chi connectivity index (χ3n) is 6.75. The Balaban J connectivity index is 6.43. The zero-order chi connectivity index (χ0) is 32.5. The van der Waals surface area contributed by atoms with Crippen molar-refractivity contribution in [3.8, 4) is 6.07 Å². The number of likely N-dealkylation sites (N-methyl/N-ethyl adjacent to an activating group) is 1. The van der Waals surface area contributed by atoms with Crippen molar-refractivity contribution in [1.82, 2.24) is 20.9 Å². The summed E-state index contributed by atoms with van der Waals surface area (Å²) >= 11 is 0. The lowest BCUT2D eigenvalue weighted by atomic mass is 10.0. The molecule has 2 atom stereocenters. The van der Waals surface area contributed by atoms with Crippen molar-refractivity contribution >= 4 is 31.5 Å². The molecule has 0 rings (SSSR count). The van der Waals surface area contributed by atoms with Crippen LogP contribution in [0.5, 0.6) is 0 Å². The summed E-state index contributed by atoms with van der Waals surface area (Å²) in [6.07, 6.45) is 11.9. The number of nitrogens with one attached hydrogen (secondary N) is 3. The Bertz CT molecular complexity index is 1060. The number of methoxy groups -OCH3 is 1. The average molecular weight is 598 g/mol. The molecule has 0 aromatic heterocycles. The van der Waals surface area contributed by atoms with Crippen LogP contribution in [0.25, 0.3) is 0 Å². The number of carbonyl (C=O) groups excluding carboxylic acids is 3. The molecule has 43 heavy (non-hydrogen) atoms. The second-order valence-electron chi connectivity index (χ2n) is 9.91. The van der Waals surface area contributed by atoms with Gasteiger partial charge in [0, 0.05) is 32.3 Å². The van der Waals surface area contributed by atoms with E-state index in [-0.39, 0.29) is 23.4 Å². The van der Waals surface area contributed by atoms with E-state index >= 15 is 0 Å². The standard InChI is InChI=1S/C32H51N7O4/c1-8-12-29(38-28(10-3)31(43-7)13-9-2)27(21-33)22-37-32(42)26(14-11-16-34-4)20-25(30(23-40)35-5)15-18-39(6)19-17-36-24-41/h8,12,20,22-24,28,31,34,38H,5,9-11,13-19H2,1-4,6-7H3,(H,36,41)/b12-8+,26-20-,29-27+,30-25-,37-22-. The van der Waals surface area contributed by atoms with Crippen molar-refractivity contribution in [3.05, 3.63) is 46.3 Å². The molecule has 11 nitrogen and oxygen atoms in total. The van der Waals surface area contributed by atoms with Crippen molar-refractivity contribution in [1.29, 1.82) is 5.26 Å². The first-order valence-corrected chi connectivity index (χ1v) is 14.8. The highest BCUT2D eigenvalue weighted by molar-refractivity contribution is 6.02. The fourth-order valence-electron chi connectivity index (χ4n) is 4.31. The molecular formula is C32H51N7O4. The van der Waals surface area contributed by atoms with E-state index in [2.05, 4.69) is 52.6 Å². The molecule has 0 aromatic rings. The number of ether oxygens (including phenoxy) is 1. The van der Waals surface area contributed by atoms with Gasteiger partial charge in [0.05, 0.1) is 29.6 Å². The van der Waals surface area contributed by atoms with Crippen LogP contribution >= 0.6 is 0 Å². The van der Waals surface area contributed by atoms with Gasteiger partial charge in [-0.05, 0) is 84.1 Å². The zero-order valence-corrected chi connectivity index (χ0v) is 26.8. The minimum absolute atomic E-state index is 0.0335. The maximum absolute atomic E-state index is 13.4. The molecule has 0 aliphatic heterocycles. The van der Waals surface area contributed by atoms with Gasteiger partial charge in [0.25, 0.3) is 5.91 Å². The number of hydrogen-bond acceptors (Lipinski definition) is 9. The number of nitrogens with zero attached hydrogens (tertiary/aromatic N) is 4. The lowest BCUT2D eigenvalue weighted by Gasteiger charge is -2.27. The van der Waals surface area contributed by atoms with Crippen molar-refractivity contribution in [2.75, 3.05) is 47.4 Å². The average Bonchev–Trinajstić information content (AvgIpc) is 3.01. The van der Waals surface area contributed by atoms with E-state index in [0.29, 0.717) is 75.0 Å². The van der Waals surface area contributed by atoms with Crippen molar-refractivity contribution in [2.24, 2.45) is 9.98 Å². The number of aliphatic imine (C=N–C) groups is 2. The Morgan fingerprint density at radius 2 is 1.93 bits per heavy atom. The minimum atomic E-state index is -0.508. The third kappa shape index (κ3) is 15.9. The number of carbonyl (C=O) groups is 3. The third-order valence-corrected chi connectivity index (χ3v) is 6.75. The molecule has 0 saturated heterocycles. The van der Waals surface area contributed by atoms with Gasteiger partial charge in [-0.1, -0.05) is 26.3 Å². The quantitative estimate of drug-likeness (QED) is 0.0384. The Labute approximate surface area is 257 Å². The van der Waals surface area contributed by atoms with E-state index in [1.54, 1.807) is 19.3 Å². The maximum Gasteiger partial charge on any atom is 0.272 e. The lowest BCUT2D eigenvalue weighted by molar-refractivity contribution is -0.114. The van der Waals surface area contributed by atoms with Gasteiger partial charge in [0.1, 0.15) is 11.8 Å². The number of rotatable bonds is 24. The van der Waals surface area contributed by atoms with Crippen LogP contribution in [0, 0.1) is 11.3 Å². The molecule has 0 radical (unpaired) electrons. The zero-order valence-electron chi connectivity index (χ0n) is 26.8. The molecule has 0 bridgehead atoms. The van der Waals surface area contributed by atoms with Gasteiger partial charge in [-0.25, -0.2) is 4.99 Å². The van der Waals surface area contributed by atoms with Crippen LogP contribution < -0.4 is 16.0 Å². The highest BCUT2D eigenvalue weighted by Crippen LogP contribution is 2.18. The van der Waals surface area contributed by atoms with Gasteiger partial charge in [-0.3, -0.25) is 19.4 Å². The number of nitriles is 1. The van der Waals surface area contributed by atoms with Crippen LogP contribution in [-0.4, -0.2) is 96.0 Å². The first kappa shape index (κ1) is 39.3. The monoisotopic (exact) mass is 597 g/mol. The summed E-state index contributed by atoms with van der Waals surface area (Å²) in [5, 5.41) is 19.1. The van der Waals surface area contributed by atoms with E-state index in [1.807, 2.05) is 32.0 Å². The summed E-state index contributed by atoms with van der Waals surface area (Å²) in [6.45, 7) is 11.8. The van der Waals surface area contributed by atoms with Gasteiger partial charge >= 0.3 is 0 Å². The largest absolute Gasteiger partial charge is 0.379 e. The highest BCUT2D eigenvalue weighted by atomic mass is 16.5. The summed E-state index contributed by atoms with van der Waals surface area (Å²) in [5.41, 5.74) is 1.86. The molecule has 2 unspecified atom stereocenters. The van der Waals surface area contributed by atoms with Crippen LogP contribution in [0.1, 0.15) is 59.3 Å². The van der Waals surface area contributed by atoms with E-state index in [1.165, 1.54) is 6.21 Å². The smallest absolute Gasteiger partial charge is 0.272 e. The normalized spacial score (nSPS) is 14.6. The lowest BCUT2D eigenvalue weighted by Crippen LogP contribution is -2.40. The number of hydrogen-bond donors (Lipinski definition) is 3. The van der Waals surface area contributed by atoms with Crippen LogP contribution in [0.4, 0.5) is 0 Å². The maximum atomic E-state index is 13.4. The Morgan fingerprint density at radius 3 is 2.47 bits per heavy atom. The predicted molar refractivity (Wildman–Crippen MR) is 174 cm³/mol. The summed E-state index contributed by atoms with van der Waals surface area (Å²) in [4.78, 5) is 45.8. The molecule has 2 amide bonds. The number of amides is 2. The second-order valence-corrected chi connectivity index (χ2v) is 9.91. The molecule has 238 valence electrons. The molecule has 0 aliphatic rings. The van der Waals surface area contributed by atoms with E-state index < -0.39 is 5.91 Å². The van der Waals surface area contributed by atoms with Crippen LogP contribution in [-0.2, 0) is 19.1 Å². The summed E-state index contributed by atoms with van der Waals surface area (Å²) in [5.74, 6) is -0.508. The summed E-state index contributed by atoms with van der Waals surface area (Å²) in [7, 11) is 5.40. The van der Waals surface area contributed by atoms with Crippen molar-refractivity contribution in [3.63, 3.8) is 0 Å². The second kappa shape index (κ2) is 24.8. The Hall–Kier alpha value is -3.72. The predicted octanol–water partition coefficient (Wildman–Crippen LogP) is 3.27. The molecule has 11 heteroatoms. The molecule has 0 spiro atoms. The molecular weight excluding hydrogens is 546 g/mol. The SMILES string of the molecule is C=N/C(C=O)=C(\C=C(\CCCNC)C(=O)\N=C/C(C#N)=C(\C=C\C)NC(CC)C(CCC)OC)CCN(C)CCNC=O. The van der Waals surface area contributed by atoms with Crippen LogP contribution in [0.2, 0.25) is 0 Å². The van der Waals surface area contributed by atoms with E-state index in [0.717, 1.165) is 19.3 Å². The summed E-state index contributed by atoms with van der Waals surface area (Å²) in [6, 6.07) is 2.13. The molecule has 0 heterocycles. The molecule has 0 aliphatic carbocycles. The van der Waals surface area contributed by atoms with Gasteiger partial charge in [0.15, 0.2) is 6.29 Å². The van der Waals surface area contributed by atoms with Crippen molar-refractivity contribution < 1.29 is 19.1 Å². The minimum Gasteiger partial charge on any atom is -0.379 e. The molecule has 0 fully saturated rings. The fourth-order valence-corrected chi connectivity index (χ4v) is 4.31. The number of allylic oxidation sites excluding steroid dienone is 5. The first-order chi connectivity index (χ1) is 20.8. The fraction of sp³-hybridized carbons (Fsp3) is 0.562. The van der Waals surface area contributed by atoms with Gasteiger partial charge in [-0.2, -0.15) is 5.26 Å². The molecule has 3 N–H and O–H groups in total. The van der Waals surface area contributed by atoms with Gasteiger partial charge < -0.3 is 25.6 Å². The van der Waals surface area contributed by atoms with Crippen LogP contribution in [0.3, 0.4) is 0 Å². The van der Waals surface area contributed by atoms with Crippen LogP contribution in [0.15, 0.2) is 56.3 Å². The van der Waals surface area contributed by atoms with Gasteiger partial charge in [0.2, 0.25) is 6.41 Å². The molecule has 0 saturated carbocycles. The van der Waals surface area contributed by atoms with Gasteiger partial charge in [-0.15, -0.1) is 0 Å². The number of aldehydes is 1. The Morgan fingerprint density at radius 1 is 1.19 bits per heavy atom. The highest BCUT2D eigenvalue weighted by Gasteiger charge is 2.20. The first-order valence-electron chi connectivity index (χ1n) is 14.8.